The molecule has 0 atom stereocenters. The third-order valence-electron chi connectivity index (χ3n) is 1.23. The Kier molecular flexibility index (Phi) is 2.47. The summed E-state index contributed by atoms with van der Waals surface area (Å²) < 4.78 is 4.71. The number of hydrogen-bond donors (Lipinski definition) is 2. The van der Waals surface area contributed by atoms with E-state index in [9.17, 15) is 9.59 Å². The van der Waals surface area contributed by atoms with E-state index < -0.39 is 11.9 Å². The van der Waals surface area contributed by atoms with Crippen LogP contribution in [0.5, 0.6) is 0 Å². The molecule has 1 heterocycles. The number of carbonyl (C=O) groups is 2. The van der Waals surface area contributed by atoms with Crippen LogP contribution in [0.2, 0.25) is 0 Å². The molecule has 1 amide bonds. The summed E-state index contributed by atoms with van der Waals surface area (Å²) >= 11 is 0. The van der Waals surface area contributed by atoms with E-state index in [-0.39, 0.29) is 6.54 Å². The first-order valence-electron chi connectivity index (χ1n) is 3.22. The van der Waals surface area contributed by atoms with Crippen LogP contribution in [0, 0.1) is 0 Å². The first-order chi connectivity index (χ1) is 5.70. The van der Waals surface area contributed by atoms with E-state index in [1.54, 1.807) is 6.07 Å². The van der Waals surface area contributed by atoms with Crippen LogP contribution in [0.15, 0.2) is 23.0 Å². The van der Waals surface area contributed by atoms with Crippen LogP contribution >= 0.6 is 0 Å². The standard InChI is InChI=1S/C7H7NO4/c9-6(7(10)11)8-3-5-1-2-12-4-5/h1-2,4H,3H2,(H,8,9)(H,10,11). The van der Waals surface area contributed by atoms with Crippen molar-refractivity contribution in [3.05, 3.63) is 24.2 Å². The van der Waals surface area contributed by atoms with E-state index in [1.165, 1.54) is 12.5 Å². The quantitative estimate of drug-likeness (QED) is 0.610. The van der Waals surface area contributed by atoms with Gasteiger partial charge in [-0.1, -0.05) is 0 Å². The summed E-state index contributed by atoms with van der Waals surface area (Å²) in [4.78, 5) is 20.5. The molecule has 5 heteroatoms. The van der Waals surface area contributed by atoms with Crippen molar-refractivity contribution in [2.75, 3.05) is 0 Å². The minimum Gasteiger partial charge on any atom is -0.474 e. The molecule has 0 saturated heterocycles. The number of nitrogens with one attached hydrogen (secondary N) is 1. The van der Waals surface area contributed by atoms with Crippen molar-refractivity contribution < 1.29 is 19.1 Å². The summed E-state index contributed by atoms with van der Waals surface area (Å²) in [5.74, 6) is -2.50. The van der Waals surface area contributed by atoms with E-state index >= 15 is 0 Å². The van der Waals surface area contributed by atoms with Gasteiger partial charge in [-0.2, -0.15) is 0 Å². The van der Waals surface area contributed by atoms with Crippen LogP contribution < -0.4 is 5.32 Å². The highest BCUT2D eigenvalue weighted by Crippen LogP contribution is 1.97. The number of carboxylic acid groups (broad SMARTS) is 1. The lowest BCUT2D eigenvalue weighted by atomic mass is 10.3. The van der Waals surface area contributed by atoms with Gasteiger partial charge in [0.1, 0.15) is 0 Å². The average Bonchev–Trinajstić information content (AvgIpc) is 2.51. The molecule has 0 unspecified atom stereocenters. The maximum atomic E-state index is 10.5. The Labute approximate surface area is 68.0 Å². The molecule has 1 rings (SSSR count). The molecule has 0 fully saturated rings. The fraction of sp³-hybridized carbons (Fsp3) is 0.143. The van der Waals surface area contributed by atoms with Crippen molar-refractivity contribution in [2.24, 2.45) is 0 Å². The van der Waals surface area contributed by atoms with Crippen LogP contribution in [0.25, 0.3) is 0 Å². The third-order valence-corrected chi connectivity index (χ3v) is 1.23. The highest BCUT2D eigenvalue weighted by molar-refractivity contribution is 6.31. The molecule has 0 saturated carbocycles. The lowest BCUT2D eigenvalue weighted by Gasteiger charge is -1.96. The number of carbonyl (C=O) groups excluding carboxylic acids is 1. The second kappa shape index (κ2) is 3.56. The van der Waals surface area contributed by atoms with Gasteiger partial charge in [0.2, 0.25) is 0 Å². The van der Waals surface area contributed by atoms with Crippen LogP contribution in [-0.2, 0) is 16.1 Å². The third kappa shape index (κ3) is 2.12. The van der Waals surface area contributed by atoms with Crippen molar-refractivity contribution in [1.29, 1.82) is 0 Å². The van der Waals surface area contributed by atoms with Crippen LogP contribution in [0.4, 0.5) is 0 Å². The molecule has 0 radical (unpaired) electrons. The van der Waals surface area contributed by atoms with Gasteiger partial charge in [-0.05, 0) is 6.07 Å². The molecule has 1 aromatic heterocycles. The molecule has 5 nitrogen and oxygen atoms in total. The SMILES string of the molecule is O=C(O)C(=O)NCc1ccoc1. The largest absolute Gasteiger partial charge is 0.474 e. The summed E-state index contributed by atoms with van der Waals surface area (Å²) in [6, 6.07) is 1.64. The Bertz CT molecular complexity index is 278. The maximum absolute atomic E-state index is 10.5. The van der Waals surface area contributed by atoms with Crippen molar-refractivity contribution in [3.63, 3.8) is 0 Å². The Hall–Kier alpha value is -1.78. The molecule has 0 aliphatic carbocycles. The number of rotatable bonds is 2. The highest BCUT2D eigenvalue weighted by atomic mass is 16.4. The first kappa shape index (κ1) is 8.32. The Morgan fingerprint density at radius 1 is 1.58 bits per heavy atom. The van der Waals surface area contributed by atoms with Gasteiger partial charge in [0.15, 0.2) is 0 Å². The Balaban J connectivity index is 2.37. The zero-order valence-corrected chi connectivity index (χ0v) is 6.11. The second-order valence-corrected chi connectivity index (χ2v) is 2.12. The molecule has 0 aliphatic heterocycles. The molecule has 0 aromatic carbocycles. The average molecular weight is 169 g/mol. The van der Waals surface area contributed by atoms with Gasteiger partial charge in [0, 0.05) is 12.1 Å². The number of furan rings is 1. The van der Waals surface area contributed by atoms with Crippen molar-refractivity contribution >= 4 is 11.9 Å². The summed E-state index contributed by atoms with van der Waals surface area (Å²) in [7, 11) is 0. The lowest BCUT2D eigenvalue weighted by molar-refractivity contribution is -0.150. The zero-order chi connectivity index (χ0) is 8.97. The van der Waals surface area contributed by atoms with E-state index in [0.717, 1.165) is 5.56 Å². The summed E-state index contributed by atoms with van der Waals surface area (Å²) in [6.45, 7) is 0.168. The molecular formula is C7H7NO4. The summed E-state index contributed by atoms with van der Waals surface area (Å²) in [5, 5.41) is 10.4. The number of amides is 1. The molecule has 0 bridgehead atoms. The lowest BCUT2D eigenvalue weighted by Crippen LogP contribution is -2.29. The Morgan fingerprint density at radius 2 is 2.33 bits per heavy atom. The predicted molar refractivity (Wildman–Crippen MR) is 38.2 cm³/mol. The maximum Gasteiger partial charge on any atom is 0.394 e. The number of carboxylic acids is 1. The first-order valence-corrected chi connectivity index (χ1v) is 3.22. The van der Waals surface area contributed by atoms with Gasteiger partial charge in [0.25, 0.3) is 0 Å². The molecule has 64 valence electrons. The van der Waals surface area contributed by atoms with Gasteiger partial charge < -0.3 is 14.8 Å². The van der Waals surface area contributed by atoms with Crippen LogP contribution in [0.3, 0.4) is 0 Å². The van der Waals surface area contributed by atoms with Crippen molar-refractivity contribution in [2.45, 2.75) is 6.54 Å². The van der Waals surface area contributed by atoms with Gasteiger partial charge in [0.05, 0.1) is 12.5 Å². The van der Waals surface area contributed by atoms with Crippen molar-refractivity contribution in [3.8, 4) is 0 Å². The smallest absolute Gasteiger partial charge is 0.394 e. The zero-order valence-electron chi connectivity index (χ0n) is 6.11. The molecule has 0 spiro atoms. The number of aliphatic carboxylic acids is 1. The molecule has 0 aliphatic rings. The van der Waals surface area contributed by atoms with E-state index in [2.05, 4.69) is 5.32 Å². The van der Waals surface area contributed by atoms with E-state index in [1.807, 2.05) is 0 Å². The summed E-state index contributed by atoms with van der Waals surface area (Å²) in [5.41, 5.74) is 0.726. The second-order valence-electron chi connectivity index (χ2n) is 2.12. The van der Waals surface area contributed by atoms with Gasteiger partial charge in [-0.3, -0.25) is 4.79 Å². The topological polar surface area (TPSA) is 79.5 Å². The number of hydrogen-bond acceptors (Lipinski definition) is 3. The normalized spacial score (nSPS) is 9.33. The molecule has 2 N–H and O–H groups in total. The summed E-state index contributed by atoms with van der Waals surface area (Å²) in [6.07, 6.45) is 2.88. The van der Waals surface area contributed by atoms with E-state index in [0.29, 0.717) is 0 Å². The Morgan fingerprint density at radius 3 is 2.83 bits per heavy atom. The van der Waals surface area contributed by atoms with Crippen LogP contribution in [-0.4, -0.2) is 17.0 Å². The van der Waals surface area contributed by atoms with Gasteiger partial charge in [-0.15, -0.1) is 0 Å². The van der Waals surface area contributed by atoms with E-state index in [4.69, 9.17) is 9.52 Å². The van der Waals surface area contributed by atoms with Crippen LogP contribution in [0.1, 0.15) is 5.56 Å². The molecule has 1 aromatic rings. The predicted octanol–water partition coefficient (Wildman–Crippen LogP) is -0.0196. The monoisotopic (exact) mass is 169 g/mol. The fourth-order valence-corrected chi connectivity index (χ4v) is 0.651. The minimum absolute atomic E-state index is 0.168. The van der Waals surface area contributed by atoms with Gasteiger partial charge >= 0.3 is 11.9 Å². The van der Waals surface area contributed by atoms with Crippen molar-refractivity contribution in [1.82, 2.24) is 5.32 Å². The van der Waals surface area contributed by atoms with Gasteiger partial charge in [-0.25, -0.2) is 4.79 Å². The minimum atomic E-state index is -1.49. The highest BCUT2D eigenvalue weighted by Gasteiger charge is 2.09. The molecular weight excluding hydrogens is 162 g/mol. The fourth-order valence-electron chi connectivity index (χ4n) is 0.651. The molecule has 12 heavy (non-hydrogen) atoms.